The molecule has 0 fully saturated rings. The predicted molar refractivity (Wildman–Crippen MR) is 59.5 cm³/mol. The first-order valence-electron chi connectivity index (χ1n) is 5.20. The largest absolute Gasteiger partial charge is 0.303 e. The molecular weight excluding hydrogens is 206 g/mol. The van der Waals surface area contributed by atoms with Gasteiger partial charge in [-0.25, -0.2) is 0 Å². The molecule has 16 heavy (non-hydrogen) atoms. The first kappa shape index (κ1) is 10.8. The number of non-ortho nitro benzene ring substituents is 1. The third-order valence-electron chi connectivity index (χ3n) is 3.27. The van der Waals surface area contributed by atoms with Crippen molar-refractivity contribution in [1.29, 1.82) is 0 Å². The molecule has 0 aliphatic heterocycles. The van der Waals surface area contributed by atoms with Gasteiger partial charge in [0, 0.05) is 18.1 Å². The number of fused-ring (bicyclic) bond motifs is 1. The van der Waals surface area contributed by atoms with Crippen LogP contribution in [0.15, 0.2) is 18.2 Å². The van der Waals surface area contributed by atoms with Crippen LogP contribution < -0.4 is 0 Å². The van der Waals surface area contributed by atoms with Gasteiger partial charge in [-0.15, -0.1) is 0 Å². The Morgan fingerprint density at radius 3 is 2.75 bits per heavy atom. The van der Waals surface area contributed by atoms with E-state index in [1.54, 1.807) is 6.07 Å². The summed E-state index contributed by atoms with van der Waals surface area (Å²) >= 11 is 0. The summed E-state index contributed by atoms with van der Waals surface area (Å²) in [7, 11) is 0. The minimum atomic E-state index is -0.423. The van der Waals surface area contributed by atoms with Crippen molar-refractivity contribution in [2.45, 2.75) is 31.6 Å². The van der Waals surface area contributed by atoms with Crippen molar-refractivity contribution in [2.75, 3.05) is 0 Å². The minimum absolute atomic E-state index is 0.0586. The number of nitro groups is 1. The fourth-order valence-corrected chi connectivity index (χ4v) is 2.48. The zero-order valence-electron chi connectivity index (χ0n) is 9.27. The molecule has 1 atom stereocenters. The highest BCUT2D eigenvalue weighted by Gasteiger charge is 2.37. The summed E-state index contributed by atoms with van der Waals surface area (Å²) in [4.78, 5) is 21.2. The van der Waals surface area contributed by atoms with Crippen LogP contribution in [-0.2, 0) is 10.2 Å². The van der Waals surface area contributed by atoms with Gasteiger partial charge in [0.25, 0.3) is 5.69 Å². The number of aldehydes is 1. The van der Waals surface area contributed by atoms with E-state index in [4.69, 9.17) is 0 Å². The SMILES string of the molecule is CC1(C)CC(C=O)c2cc([N+](=O)[O-])ccc21. The number of nitro benzene ring substituents is 1. The Morgan fingerprint density at radius 2 is 2.19 bits per heavy atom. The number of carbonyl (C=O) groups is 1. The Labute approximate surface area is 93.4 Å². The maximum absolute atomic E-state index is 11.0. The highest BCUT2D eigenvalue weighted by Crippen LogP contribution is 2.45. The molecule has 0 N–H and O–H groups in total. The molecule has 0 aromatic heterocycles. The van der Waals surface area contributed by atoms with E-state index >= 15 is 0 Å². The van der Waals surface area contributed by atoms with E-state index in [-0.39, 0.29) is 17.0 Å². The van der Waals surface area contributed by atoms with Crippen LogP contribution in [0.2, 0.25) is 0 Å². The normalized spacial score (nSPS) is 21.5. The van der Waals surface area contributed by atoms with Crippen LogP contribution in [0.1, 0.15) is 37.3 Å². The summed E-state index contributed by atoms with van der Waals surface area (Å²) in [5, 5.41) is 10.7. The molecule has 1 aliphatic rings. The first-order chi connectivity index (χ1) is 7.45. The highest BCUT2D eigenvalue weighted by molar-refractivity contribution is 5.68. The molecule has 0 spiro atoms. The first-order valence-corrected chi connectivity index (χ1v) is 5.20. The van der Waals surface area contributed by atoms with Crippen LogP contribution in [0.3, 0.4) is 0 Å². The third kappa shape index (κ3) is 1.50. The molecule has 1 unspecified atom stereocenters. The average Bonchev–Trinajstić information content (AvgIpc) is 2.50. The molecule has 4 nitrogen and oxygen atoms in total. The number of hydrogen-bond donors (Lipinski definition) is 0. The van der Waals surface area contributed by atoms with Gasteiger partial charge in [0.2, 0.25) is 0 Å². The zero-order valence-corrected chi connectivity index (χ0v) is 9.27. The summed E-state index contributed by atoms with van der Waals surface area (Å²) < 4.78 is 0. The van der Waals surface area contributed by atoms with E-state index in [2.05, 4.69) is 13.8 Å². The van der Waals surface area contributed by atoms with Gasteiger partial charge >= 0.3 is 0 Å². The van der Waals surface area contributed by atoms with Gasteiger partial charge in [-0.1, -0.05) is 19.9 Å². The van der Waals surface area contributed by atoms with E-state index in [9.17, 15) is 14.9 Å². The lowest BCUT2D eigenvalue weighted by molar-refractivity contribution is -0.384. The van der Waals surface area contributed by atoms with E-state index in [1.165, 1.54) is 12.1 Å². The van der Waals surface area contributed by atoms with E-state index in [0.29, 0.717) is 0 Å². The predicted octanol–water partition coefficient (Wildman–Crippen LogP) is 2.56. The molecule has 0 amide bonds. The Morgan fingerprint density at radius 1 is 1.50 bits per heavy atom. The summed E-state index contributed by atoms with van der Waals surface area (Å²) in [5.41, 5.74) is 1.85. The van der Waals surface area contributed by atoms with Crippen LogP contribution in [-0.4, -0.2) is 11.2 Å². The molecule has 2 rings (SSSR count). The van der Waals surface area contributed by atoms with E-state index < -0.39 is 4.92 Å². The number of benzene rings is 1. The minimum Gasteiger partial charge on any atom is -0.303 e. The van der Waals surface area contributed by atoms with Crippen LogP contribution in [0.25, 0.3) is 0 Å². The van der Waals surface area contributed by atoms with Gasteiger partial charge in [-0.05, 0) is 23.0 Å². The molecule has 1 aromatic carbocycles. The van der Waals surface area contributed by atoms with Crippen LogP contribution in [0, 0.1) is 10.1 Å². The lowest BCUT2D eigenvalue weighted by atomic mass is 9.86. The number of hydrogen-bond acceptors (Lipinski definition) is 3. The number of carbonyl (C=O) groups excluding carboxylic acids is 1. The lowest BCUT2D eigenvalue weighted by Crippen LogP contribution is -2.12. The summed E-state index contributed by atoms with van der Waals surface area (Å²) in [6, 6.07) is 4.81. The summed E-state index contributed by atoms with van der Waals surface area (Å²) in [6.45, 7) is 4.11. The average molecular weight is 219 g/mol. The maximum atomic E-state index is 11.0. The van der Waals surface area contributed by atoms with Gasteiger partial charge in [-0.2, -0.15) is 0 Å². The van der Waals surface area contributed by atoms with Gasteiger partial charge in [0.05, 0.1) is 4.92 Å². The maximum Gasteiger partial charge on any atom is 0.269 e. The van der Waals surface area contributed by atoms with Gasteiger partial charge < -0.3 is 4.79 Å². The van der Waals surface area contributed by atoms with Gasteiger partial charge in [0.15, 0.2) is 0 Å². The molecule has 4 heteroatoms. The molecule has 0 radical (unpaired) electrons. The monoisotopic (exact) mass is 219 g/mol. The van der Waals surface area contributed by atoms with Crippen LogP contribution in [0.5, 0.6) is 0 Å². The summed E-state index contributed by atoms with van der Waals surface area (Å²) in [6.07, 6.45) is 1.62. The fourth-order valence-electron chi connectivity index (χ4n) is 2.48. The number of nitrogens with zero attached hydrogens (tertiary/aromatic N) is 1. The second kappa shape index (κ2) is 3.40. The Balaban J connectivity index is 2.57. The van der Waals surface area contributed by atoms with E-state index in [1.807, 2.05) is 0 Å². The van der Waals surface area contributed by atoms with Crippen molar-refractivity contribution in [1.82, 2.24) is 0 Å². The highest BCUT2D eigenvalue weighted by atomic mass is 16.6. The van der Waals surface area contributed by atoms with Crippen molar-refractivity contribution in [2.24, 2.45) is 0 Å². The molecule has 1 aromatic rings. The van der Waals surface area contributed by atoms with Crippen LogP contribution >= 0.6 is 0 Å². The van der Waals surface area contributed by atoms with Gasteiger partial charge in [0.1, 0.15) is 6.29 Å². The van der Waals surface area contributed by atoms with Crippen molar-refractivity contribution >= 4 is 12.0 Å². The van der Waals surface area contributed by atoms with Crippen molar-refractivity contribution in [3.8, 4) is 0 Å². The van der Waals surface area contributed by atoms with Crippen molar-refractivity contribution in [3.63, 3.8) is 0 Å². The van der Waals surface area contributed by atoms with E-state index in [0.717, 1.165) is 23.8 Å². The smallest absolute Gasteiger partial charge is 0.269 e. The Hall–Kier alpha value is -1.71. The van der Waals surface area contributed by atoms with Crippen molar-refractivity contribution < 1.29 is 9.72 Å². The molecule has 84 valence electrons. The Kier molecular flexibility index (Phi) is 2.30. The Bertz CT molecular complexity index is 465. The zero-order chi connectivity index (χ0) is 11.9. The van der Waals surface area contributed by atoms with Gasteiger partial charge in [-0.3, -0.25) is 10.1 Å². The standard InChI is InChI=1S/C12H13NO3/c1-12(2)6-8(7-14)10-5-9(13(15)16)3-4-11(10)12/h3-5,7-8H,6H2,1-2H3. The summed E-state index contributed by atoms with van der Waals surface area (Å²) in [5.74, 6) is -0.204. The molecule has 0 saturated carbocycles. The second-order valence-electron chi connectivity index (χ2n) is 4.86. The molecule has 0 bridgehead atoms. The molecule has 0 heterocycles. The van der Waals surface area contributed by atoms with Crippen molar-refractivity contribution in [3.05, 3.63) is 39.4 Å². The second-order valence-corrected chi connectivity index (χ2v) is 4.86. The topological polar surface area (TPSA) is 60.2 Å². The number of rotatable bonds is 2. The molecule has 0 saturated heterocycles. The third-order valence-corrected chi connectivity index (χ3v) is 3.27. The quantitative estimate of drug-likeness (QED) is 0.436. The lowest BCUT2D eigenvalue weighted by Gasteiger charge is -2.18. The van der Waals surface area contributed by atoms with Crippen LogP contribution in [0.4, 0.5) is 5.69 Å². The fraction of sp³-hybridized carbons (Fsp3) is 0.417. The molecule has 1 aliphatic carbocycles. The molecular formula is C12H13NO3.